The highest BCUT2D eigenvalue weighted by atomic mass is 16.4. The van der Waals surface area contributed by atoms with Gasteiger partial charge in [0.1, 0.15) is 0 Å². The number of hydrogen-bond donors (Lipinski definition) is 0. The second-order valence-corrected chi connectivity index (χ2v) is 5.35. The van der Waals surface area contributed by atoms with E-state index >= 15 is 0 Å². The van der Waals surface area contributed by atoms with Gasteiger partial charge in [0.2, 0.25) is 11.8 Å². The van der Waals surface area contributed by atoms with Gasteiger partial charge in [0, 0.05) is 25.0 Å². The monoisotopic (exact) mass is 338 g/mol. The highest BCUT2D eigenvalue weighted by Gasteiger charge is 2.16. The molecule has 0 bridgehead atoms. The molecule has 0 atom stereocenters. The van der Waals surface area contributed by atoms with Crippen molar-refractivity contribution in [2.75, 3.05) is 6.54 Å². The molecular formula is C18H18N4O3. The van der Waals surface area contributed by atoms with E-state index in [0.29, 0.717) is 24.1 Å². The summed E-state index contributed by atoms with van der Waals surface area (Å²) in [6.07, 6.45) is 9.03. The van der Waals surface area contributed by atoms with E-state index in [0.717, 1.165) is 12.0 Å². The maximum absolute atomic E-state index is 12.5. The number of furan rings is 1. The largest absolute Gasteiger partial charge is 0.459 e. The lowest BCUT2D eigenvalue weighted by Crippen LogP contribution is -2.29. The molecule has 0 spiro atoms. The van der Waals surface area contributed by atoms with Crippen LogP contribution in [0.25, 0.3) is 17.7 Å². The van der Waals surface area contributed by atoms with Crippen LogP contribution < -0.4 is 0 Å². The lowest BCUT2D eigenvalue weighted by Gasteiger charge is -2.18. The van der Waals surface area contributed by atoms with Gasteiger partial charge in [0.05, 0.1) is 12.8 Å². The number of carbonyl (C=O) groups is 1. The zero-order valence-corrected chi connectivity index (χ0v) is 13.8. The van der Waals surface area contributed by atoms with Crippen LogP contribution in [-0.4, -0.2) is 32.5 Å². The maximum Gasteiger partial charge on any atom is 0.283 e. The van der Waals surface area contributed by atoms with Crippen molar-refractivity contribution < 1.29 is 13.6 Å². The molecule has 7 heteroatoms. The van der Waals surface area contributed by atoms with Gasteiger partial charge in [-0.15, -0.1) is 10.2 Å². The summed E-state index contributed by atoms with van der Waals surface area (Å²) in [6.45, 7) is 2.86. The third-order valence-corrected chi connectivity index (χ3v) is 3.45. The summed E-state index contributed by atoms with van der Waals surface area (Å²) in [7, 11) is 0. The lowest BCUT2D eigenvalue weighted by molar-refractivity contribution is -0.126. The Morgan fingerprint density at radius 3 is 2.80 bits per heavy atom. The Kier molecular flexibility index (Phi) is 5.36. The van der Waals surface area contributed by atoms with Gasteiger partial charge in [-0.2, -0.15) is 0 Å². The summed E-state index contributed by atoms with van der Waals surface area (Å²) in [4.78, 5) is 18.1. The molecule has 3 rings (SSSR count). The number of rotatable bonds is 7. The van der Waals surface area contributed by atoms with Gasteiger partial charge in [0.25, 0.3) is 5.89 Å². The molecule has 0 radical (unpaired) electrons. The van der Waals surface area contributed by atoms with E-state index in [1.165, 1.54) is 12.3 Å². The fourth-order valence-electron chi connectivity index (χ4n) is 2.27. The first-order valence-electron chi connectivity index (χ1n) is 7.99. The predicted octanol–water partition coefficient (Wildman–Crippen LogP) is 3.18. The average Bonchev–Trinajstić information content (AvgIpc) is 3.31. The van der Waals surface area contributed by atoms with E-state index in [9.17, 15) is 4.79 Å². The molecule has 0 saturated heterocycles. The molecule has 3 heterocycles. The SMILES string of the molecule is CCCN(Cc1nnc(-c2ccco2)o1)C(=O)/C=C/c1ccncc1. The first-order valence-corrected chi connectivity index (χ1v) is 7.99. The first-order chi connectivity index (χ1) is 12.3. The molecule has 0 unspecified atom stereocenters. The van der Waals surface area contributed by atoms with Crippen molar-refractivity contribution in [3.8, 4) is 11.7 Å². The molecule has 0 fully saturated rings. The van der Waals surface area contributed by atoms with Crippen LogP contribution in [0.2, 0.25) is 0 Å². The molecule has 0 N–H and O–H groups in total. The topological polar surface area (TPSA) is 85.3 Å². The van der Waals surface area contributed by atoms with Crippen LogP contribution >= 0.6 is 0 Å². The molecule has 0 aromatic carbocycles. The van der Waals surface area contributed by atoms with Crippen LogP contribution in [0, 0.1) is 0 Å². The first kappa shape index (κ1) is 16.6. The Labute approximate surface area is 145 Å². The Bertz CT molecular complexity index is 825. The maximum atomic E-state index is 12.5. The van der Waals surface area contributed by atoms with Crippen molar-refractivity contribution >= 4 is 12.0 Å². The minimum absolute atomic E-state index is 0.114. The highest BCUT2D eigenvalue weighted by molar-refractivity contribution is 5.91. The second kappa shape index (κ2) is 8.05. The standard InChI is InChI=1S/C18H18N4O3/c1-2-11-22(17(23)6-5-14-7-9-19-10-8-14)13-16-20-21-18(25-16)15-4-3-12-24-15/h3-10,12H,2,11,13H2,1H3/b6-5+. The number of nitrogens with zero attached hydrogens (tertiary/aromatic N) is 4. The van der Waals surface area contributed by atoms with E-state index < -0.39 is 0 Å². The molecule has 128 valence electrons. The summed E-state index contributed by atoms with van der Waals surface area (Å²) in [5.74, 6) is 1.06. The van der Waals surface area contributed by atoms with E-state index in [2.05, 4.69) is 15.2 Å². The van der Waals surface area contributed by atoms with Crippen LogP contribution in [0.5, 0.6) is 0 Å². The van der Waals surface area contributed by atoms with Gasteiger partial charge in [-0.05, 0) is 42.3 Å². The zero-order chi connectivity index (χ0) is 17.5. The van der Waals surface area contributed by atoms with Gasteiger partial charge < -0.3 is 13.7 Å². The van der Waals surface area contributed by atoms with Crippen molar-refractivity contribution in [3.05, 3.63) is 60.5 Å². The average molecular weight is 338 g/mol. The molecule has 3 aromatic heterocycles. The lowest BCUT2D eigenvalue weighted by atomic mass is 10.2. The van der Waals surface area contributed by atoms with Crippen molar-refractivity contribution in [1.29, 1.82) is 0 Å². The molecule has 0 aliphatic carbocycles. The number of aromatic nitrogens is 3. The Balaban J connectivity index is 1.68. The normalized spacial score (nSPS) is 11.1. The molecule has 0 aliphatic rings. The smallest absolute Gasteiger partial charge is 0.283 e. The van der Waals surface area contributed by atoms with Gasteiger partial charge in [0.15, 0.2) is 5.76 Å². The third kappa shape index (κ3) is 4.41. The molecule has 0 aliphatic heterocycles. The van der Waals surface area contributed by atoms with Crippen LogP contribution in [0.15, 0.2) is 57.8 Å². The van der Waals surface area contributed by atoms with Gasteiger partial charge in [-0.3, -0.25) is 9.78 Å². The molecule has 25 heavy (non-hydrogen) atoms. The quantitative estimate of drug-likeness (QED) is 0.615. The van der Waals surface area contributed by atoms with E-state index in [1.54, 1.807) is 35.5 Å². The molecule has 0 saturated carbocycles. The fraction of sp³-hybridized carbons (Fsp3) is 0.222. The number of pyridine rings is 1. The Morgan fingerprint density at radius 1 is 1.24 bits per heavy atom. The summed E-state index contributed by atoms with van der Waals surface area (Å²) >= 11 is 0. The van der Waals surface area contributed by atoms with E-state index in [4.69, 9.17) is 8.83 Å². The summed E-state index contributed by atoms with van der Waals surface area (Å²) < 4.78 is 10.8. The highest BCUT2D eigenvalue weighted by Crippen LogP contribution is 2.18. The van der Waals surface area contributed by atoms with Crippen LogP contribution in [0.1, 0.15) is 24.8 Å². The predicted molar refractivity (Wildman–Crippen MR) is 91.0 cm³/mol. The summed E-state index contributed by atoms with van der Waals surface area (Å²) in [6, 6.07) is 7.16. The Morgan fingerprint density at radius 2 is 2.08 bits per heavy atom. The van der Waals surface area contributed by atoms with Crippen LogP contribution in [-0.2, 0) is 11.3 Å². The van der Waals surface area contributed by atoms with Crippen molar-refractivity contribution in [2.24, 2.45) is 0 Å². The van der Waals surface area contributed by atoms with Crippen molar-refractivity contribution in [2.45, 2.75) is 19.9 Å². The second-order valence-electron chi connectivity index (χ2n) is 5.35. The Hall–Kier alpha value is -3.22. The number of hydrogen-bond acceptors (Lipinski definition) is 6. The van der Waals surface area contributed by atoms with E-state index in [-0.39, 0.29) is 12.5 Å². The molecule has 7 nitrogen and oxygen atoms in total. The van der Waals surface area contributed by atoms with Crippen LogP contribution in [0.4, 0.5) is 0 Å². The number of amides is 1. The minimum Gasteiger partial charge on any atom is -0.459 e. The summed E-state index contributed by atoms with van der Waals surface area (Å²) in [5, 5.41) is 7.94. The van der Waals surface area contributed by atoms with Gasteiger partial charge in [-0.1, -0.05) is 6.92 Å². The zero-order valence-electron chi connectivity index (χ0n) is 13.8. The van der Waals surface area contributed by atoms with Crippen molar-refractivity contribution in [1.82, 2.24) is 20.1 Å². The van der Waals surface area contributed by atoms with Crippen LogP contribution in [0.3, 0.4) is 0 Å². The van der Waals surface area contributed by atoms with E-state index in [1.807, 2.05) is 19.1 Å². The molecular weight excluding hydrogens is 320 g/mol. The van der Waals surface area contributed by atoms with Gasteiger partial charge >= 0.3 is 0 Å². The van der Waals surface area contributed by atoms with Crippen molar-refractivity contribution in [3.63, 3.8) is 0 Å². The number of carbonyl (C=O) groups excluding carboxylic acids is 1. The molecule has 3 aromatic rings. The molecule has 1 amide bonds. The third-order valence-electron chi connectivity index (χ3n) is 3.45. The summed E-state index contributed by atoms with van der Waals surface area (Å²) in [5.41, 5.74) is 0.915. The fourth-order valence-corrected chi connectivity index (χ4v) is 2.27. The minimum atomic E-state index is -0.114. The van der Waals surface area contributed by atoms with Gasteiger partial charge in [-0.25, -0.2) is 0 Å².